The molecule has 3 aromatic rings. The molecule has 0 bridgehead atoms. The number of methoxy groups -OCH3 is 2. The number of ether oxygens (including phenoxy) is 2. The van der Waals surface area contributed by atoms with Gasteiger partial charge >= 0.3 is 0 Å². The first-order valence-corrected chi connectivity index (χ1v) is 11.1. The van der Waals surface area contributed by atoms with Crippen molar-refractivity contribution in [2.45, 2.75) is 43.8 Å². The van der Waals surface area contributed by atoms with E-state index in [0.29, 0.717) is 0 Å². The minimum atomic E-state index is 0.157. The third-order valence-corrected chi connectivity index (χ3v) is 6.74. The third-order valence-electron chi connectivity index (χ3n) is 4.61. The van der Waals surface area contributed by atoms with E-state index in [1.165, 1.54) is 16.0 Å². The highest BCUT2D eigenvalue weighted by molar-refractivity contribution is 7.98. The van der Waals surface area contributed by atoms with Gasteiger partial charge in [0.2, 0.25) is 0 Å². The molecule has 0 aliphatic carbocycles. The molecular formula is C23H27NO2S2. The van der Waals surface area contributed by atoms with Crippen molar-refractivity contribution >= 4 is 23.1 Å². The molecule has 0 aliphatic rings. The van der Waals surface area contributed by atoms with Crippen molar-refractivity contribution in [2.75, 3.05) is 14.2 Å². The number of aryl methyl sites for hydroxylation is 1. The van der Waals surface area contributed by atoms with Crippen molar-refractivity contribution < 1.29 is 9.47 Å². The SMILES string of the molecule is COc1ccc(-c2nc(CSc3cc(C(C)(C)C)ccc3C)cs2)cc1OC. The Labute approximate surface area is 176 Å². The van der Waals surface area contributed by atoms with E-state index in [4.69, 9.17) is 14.5 Å². The van der Waals surface area contributed by atoms with Gasteiger partial charge in [-0.3, -0.25) is 0 Å². The van der Waals surface area contributed by atoms with Gasteiger partial charge in [0, 0.05) is 21.6 Å². The Bertz CT molecular complexity index is 957. The van der Waals surface area contributed by atoms with E-state index in [1.54, 1.807) is 25.6 Å². The lowest BCUT2D eigenvalue weighted by molar-refractivity contribution is 0.355. The molecule has 0 saturated carbocycles. The minimum absolute atomic E-state index is 0.157. The summed E-state index contributed by atoms with van der Waals surface area (Å²) in [5.41, 5.74) is 4.98. The Hall–Kier alpha value is -1.98. The van der Waals surface area contributed by atoms with Crippen molar-refractivity contribution in [3.63, 3.8) is 0 Å². The second-order valence-electron chi connectivity index (χ2n) is 7.73. The van der Waals surface area contributed by atoms with Gasteiger partial charge in [-0.05, 0) is 47.7 Å². The van der Waals surface area contributed by atoms with Gasteiger partial charge in [-0.2, -0.15) is 0 Å². The van der Waals surface area contributed by atoms with Crippen LogP contribution in [-0.2, 0) is 11.2 Å². The van der Waals surface area contributed by atoms with Crippen molar-refractivity contribution in [1.29, 1.82) is 0 Å². The van der Waals surface area contributed by atoms with E-state index in [2.05, 4.69) is 51.3 Å². The number of hydrogen-bond acceptors (Lipinski definition) is 5. The molecule has 0 amide bonds. The van der Waals surface area contributed by atoms with Crippen LogP contribution in [0.3, 0.4) is 0 Å². The first-order chi connectivity index (χ1) is 13.3. The van der Waals surface area contributed by atoms with E-state index < -0.39 is 0 Å². The summed E-state index contributed by atoms with van der Waals surface area (Å²) >= 11 is 3.51. The van der Waals surface area contributed by atoms with E-state index in [1.807, 2.05) is 30.0 Å². The van der Waals surface area contributed by atoms with E-state index in [9.17, 15) is 0 Å². The summed E-state index contributed by atoms with van der Waals surface area (Å²) in [5.74, 6) is 2.31. The lowest BCUT2D eigenvalue weighted by atomic mass is 9.87. The van der Waals surface area contributed by atoms with Crippen LogP contribution in [0.15, 0.2) is 46.7 Å². The Morgan fingerprint density at radius 3 is 2.43 bits per heavy atom. The average molecular weight is 414 g/mol. The lowest BCUT2D eigenvalue weighted by Crippen LogP contribution is -2.11. The predicted octanol–water partition coefficient (Wildman–Crippen LogP) is 6.73. The van der Waals surface area contributed by atoms with Crippen molar-refractivity contribution in [1.82, 2.24) is 4.98 Å². The van der Waals surface area contributed by atoms with Gasteiger partial charge in [0.1, 0.15) is 5.01 Å². The topological polar surface area (TPSA) is 31.4 Å². The molecule has 3 rings (SSSR count). The van der Waals surface area contributed by atoms with Crippen LogP contribution >= 0.6 is 23.1 Å². The molecule has 0 unspecified atom stereocenters. The molecule has 1 heterocycles. The standard InChI is InChI=1S/C23H27NO2S2/c1-15-7-9-17(23(2,3)4)12-21(15)27-13-18-14-28-22(24-18)16-8-10-19(25-5)20(11-16)26-6/h7-12,14H,13H2,1-6H3. The zero-order chi connectivity index (χ0) is 20.3. The van der Waals surface area contributed by atoms with Gasteiger partial charge in [0.25, 0.3) is 0 Å². The van der Waals surface area contributed by atoms with Crippen LogP contribution in [0.5, 0.6) is 11.5 Å². The van der Waals surface area contributed by atoms with E-state index in [0.717, 1.165) is 33.5 Å². The molecular weight excluding hydrogens is 386 g/mol. The van der Waals surface area contributed by atoms with E-state index >= 15 is 0 Å². The summed E-state index contributed by atoms with van der Waals surface area (Å²) in [5, 5.41) is 3.14. The Kier molecular flexibility index (Phi) is 6.36. The molecule has 0 fully saturated rings. The zero-order valence-corrected chi connectivity index (χ0v) is 19.0. The van der Waals surface area contributed by atoms with Crippen molar-refractivity contribution in [2.24, 2.45) is 0 Å². The number of thioether (sulfide) groups is 1. The zero-order valence-electron chi connectivity index (χ0n) is 17.3. The van der Waals surface area contributed by atoms with Gasteiger partial charge in [0.05, 0.1) is 19.9 Å². The maximum absolute atomic E-state index is 5.41. The molecule has 148 valence electrons. The van der Waals surface area contributed by atoms with Gasteiger partial charge in [-0.25, -0.2) is 4.98 Å². The Morgan fingerprint density at radius 1 is 1.00 bits per heavy atom. The van der Waals surface area contributed by atoms with Crippen LogP contribution in [-0.4, -0.2) is 19.2 Å². The molecule has 0 atom stereocenters. The minimum Gasteiger partial charge on any atom is -0.493 e. The molecule has 28 heavy (non-hydrogen) atoms. The number of hydrogen-bond donors (Lipinski definition) is 0. The summed E-state index contributed by atoms with van der Waals surface area (Å²) < 4.78 is 10.7. The highest BCUT2D eigenvalue weighted by Gasteiger charge is 2.15. The summed E-state index contributed by atoms with van der Waals surface area (Å²) in [6.45, 7) is 8.93. The fourth-order valence-corrected chi connectivity index (χ4v) is 4.73. The van der Waals surface area contributed by atoms with Gasteiger partial charge in [0.15, 0.2) is 11.5 Å². The second kappa shape index (κ2) is 8.58. The number of benzene rings is 2. The van der Waals surface area contributed by atoms with E-state index in [-0.39, 0.29) is 5.41 Å². The van der Waals surface area contributed by atoms with Crippen LogP contribution < -0.4 is 9.47 Å². The monoisotopic (exact) mass is 413 g/mol. The third kappa shape index (κ3) is 4.70. The summed E-state index contributed by atoms with van der Waals surface area (Å²) in [4.78, 5) is 6.16. The number of nitrogens with zero attached hydrogens (tertiary/aromatic N) is 1. The molecule has 0 aliphatic heterocycles. The average Bonchev–Trinajstić information content (AvgIpc) is 3.15. The van der Waals surface area contributed by atoms with Gasteiger partial charge < -0.3 is 9.47 Å². The van der Waals surface area contributed by atoms with Crippen LogP contribution in [0.2, 0.25) is 0 Å². The smallest absolute Gasteiger partial charge is 0.161 e. The highest BCUT2D eigenvalue weighted by atomic mass is 32.2. The van der Waals surface area contributed by atoms with Crippen molar-refractivity contribution in [3.05, 3.63) is 58.6 Å². The number of thiazole rings is 1. The Morgan fingerprint density at radius 2 is 1.75 bits per heavy atom. The first kappa shape index (κ1) is 20.7. The second-order valence-corrected chi connectivity index (χ2v) is 9.61. The summed E-state index contributed by atoms with van der Waals surface area (Å²) in [6.07, 6.45) is 0. The predicted molar refractivity (Wildman–Crippen MR) is 120 cm³/mol. The summed E-state index contributed by atoms with van der Waals surface area (Å²) in [7, 11) is 3.30. The molecule has 2 aromatic carbocycles. The molecule has 0 radical (unpaired) electrons. The first-order valence-electron chi connectivity index (χ1n) is 9.22. The van der Waals surface area contributed by atoms with Crippen LogP contribution in [0.25, 0.3) is 10.6 Å². The van der Waals surface area contributed by atoms with Crippen molar-refractivity contribution in [3.8, 4) is 22.1 Å². The largest absolute Gasteiger partial charge is 0.493 e. The maximum atomic E-state index is 5.41. The van der Waals surface area contributed by atoms with Crippen LogP contribution in [0.4, 0.5) is 0 Å². The van der Waals surface area contributed by atoms with Crippen LogP contribution in [0.1, 0.15) is 37.6 Å². The molecule has 3 nitrogen and oxygen atoms in total. The number of aromatic nitrogens is 1. The highest BCUT2D eigenvalue weighted by Crippen LogP contribution is 2.35. The lowest BCUT2D eigenvalue weighted by Gasteiger charge is -2.20. The molecule has 0 spiro atoms. The summed E-state index contributed by atoms with van der Waals surface area (Å²) in [6, 6.07) is 12.7. The van der Waals surface area contributed by atoms with Gasteiger partial charge in [-0.15, -0.1) is 23.1 Å². The quantitative estimate of drug-likeness (QED) is 0.420. The molecule has 5 heteroatoms. The normalized spacial score (nSPS) is 11.5. The number of rotatable bonds is 6. The molecule has 0 N–H and O–H groups in total. The molecule has 0 saturated heterocycles. The molecule has 1 aromatic heterocycles. The Balaban J connectivity index is 1.76. The fraction of sp³-hybridized carbons (Fsp3) is 0.348. The maximum Gasteiger partial charge on any atom is 0.161 e. The van der Waals surface area contributed by atoms with Gasteiger partial charge in [-0.1, -0.05) is 32.9 Å². The van der Waals surface area contributed by atoms with Crippen LogP contribution in [0, 0.1) is 6.92 Å². The fourth-order valence-electron chi connectivity index (χ4n) is 2.85.